The highest BCUT2D eigenvalue weighted by Gasteiger charge is 2.15. The lowest BCUT2D eigenvalue weighted by molar-refractivity contribution is 0.578. The Kier molecular flexibility index (Phi) is 4.79. The molecule has 0 amide bonds. The zero-order valence-electron chi connectivity index (χ0n) is 13.3. The number of hydrogen-bond acceptors (Lipinski definition) is 1. The largest absolute Gasteiger partial charge is 0.313 e. The minimum atomic E-state index is -0.186. The second-order valence-corrected chi connectivity index (χ2v) is 6.54. The molecule has 0 radical (unpaired) electrons. The van der Waals surface area contributed by atoms with E-state index in [0.29, 0.717) is 0 Å². The third-order valence-electron chi connectivity index (χ3n) is 3.88. The second kappa shape index (κ2) is 6.40. The Morgan fingerprint density at radius 3 is 2.00 bits per heavy atom. The molecule has 0 aliphatic carbocycles. The monoisotopic (exact) mass is 285 g/mol. The molecule has 2 aromatic rings. The lowest BCUT2D eigenvalue weighted by Gasteiger charge is -2.21. The van der Waals surface area contributed by atoms with Crippen LogP contribution in [0.25, 0.3) is 0 Å². The fraction of sp³-hybridized carbons (Fsp3) is 0.368. The Morgan fingerprint density at radius 1 is 0.952 bits per heavy atom. The van der Waals surface area contributed by atoms with Gasteiger partial charge in [-0.1, -0.05) is 57.2 Å². The highest BCUT2D eigenvalue weighted by atomic mass is 19.1. The van der Waals surface area contributed by atoms with E-state index in [-0.39, 0.29) is 17.3 Å². The molecule has 0 spiro atoms. The Balaban J connectivity index is 2.15. The van der Waals surface area contributed by atoms with Crippen molar-refractivity contribution in [3.05, 3.63) is 71.0 Å². The molecule has 2 aromatic carbocycles. The zero-order valence-corrected chi connectivity index (χ0v) is 13.3. The normalized spacial score (nSPS) is 13.2. The first-order valence-electron chi connectivity index (χ1n) is 7.42. The number of halogens is 1. The summed E-state index contributed by atoms with van der Waals surface area (Å²) in [6, 6.07) is 15.7. The summed E-state index contributed by atoms with van der Waals surface area (Å²) in [5.74, 6) is -0.186. The third-order valence-corrected chi connectivity index (χ3v) is 3.88. The van der Waals surface area contributed by atoms with E-state index in [1.807, 2.05) is 19.2 Å². The highest BCUT2D eigenvalue weighted by molar-refractivity contribution is 5.30. The van der Waals surface area contributed by atoms with Crippen LogP contribution in [0, 0.1) is 5.82 Å². The van der Waals surface area contributed by atoms with Crippen LogP contribution in [0.5, 0.6) is 0 Å². The maximum Gasteiger partial charge on any atom is 0.123 e. The van der Waals surface area contributed by atoms with Gasteiger partial charge in [0.15, 0.2) is 0 Å². The van der Waals surface area contributed by atoms with Crippen molar-refractivity contribution in [3.63, 3.8) is 0 Å². The van der Waals surface area contributed by atoms with Crippen LogP contribution in [0.4, 0.5) is 4.39 Å². The first-order valence-corrected chi connectivity index (χ1v) is 7.42. The lowest BCUT2D eigenvalue weighted by Crippen LogP contribution is -2.19. The van der Waals surface area contributed by atoms with Crippen molar-refractivity contribution < 1.29 is 4.39 Å². The lowest BCUT2D eigenvalue weighted by atomic mass is 9.86. The third kappa shape index (κ3) is 4.15. The van der Waals surface area contributed by atoms with Crippen molar-refractivity contribution >= 4 is 0 Å². The van der Waals surface area contributed by atoms with E-state index < -0.39 is 0 Å². The van der Waals surface area contributed by atoms with Gasteiger partial charge in [0.25, 0.3) is 0 Å². The number of likely N-dealkylation sites (N-methyl/N-ethyl adjacent to an activating group) is 1. The van der Waals surface area contributed by atoms with Gasteiger partial charge in [-0.05, 0) is 47.7 Å². The summed E-state index contributed by atoms with van der Waals surface area (Å²) in [6.07, 6.45) is 0.853. The molecule has 112 valence electrons. The summed E-state index contributed by atoms with van der Waals surface area (Å²) < 4.78 is 13.0. The number of nitrogens with one attached hydrogen (secondary N) is 1. The first-order chi connectivity index (χ1) is 9.90. The first kappa shape index (κ1) is 15.7. The predicted octanol–water partition coefficient (Wildman–Crippen LogP) is 4.63. The van der Waals surface area contributed by atoms with Crippen LogP contribution in [0.15, 0.2) is 48.5 Å². The topological polar surface area (TPSA) is 12.0 Å². The minimum Gasteiger partial charge on any atom is -0.313 e. The van der Waals surface area contributed by atoms with Crippen molar-refractivity contribution in [1.82, 2.24) is 5.32 Å². The zero-order chi connectivity index (χ0) is 15.5. The minimum absolute atomic E-state index is 0.171. The van der Waals surface area contributed by atoms with E-state index in [2.05, 4.69) is 50.4 Å². The standard InChI is InChI=1S/C19H24FN/c1-19(2,3)16-9-7-15(8-10-16)18(21-4)13-14-5-11-17(20)12-6-14/h5-12,18,21H,13H2,1-4H3. The predicted molar refractivity (Wildman–Crippen MR) is 87.0 cm³/mol. The smallest absolute Gasteiger partial charge is 0.123 e. The van der Waals surface area contributed by atoms with Crippen LogP contribution in [-0.4, -0.2) is 7.05 Å². The Morgan fingerprint density at radius 2 is 1.52 bits per heavy atom. The Bertz CT molecular complexity index is 564. The fourth-order valence-corrected chi connectivity index (χ4v) is 2.46. The van der Waals surface area contributed by atoms with E-state index in [9.17, 15) is 4.39 Å². The molecule has 2 rings (SSSR count). The number of benzene rings is 2. The summed E-state index contributed by atoms with van der Waals surface area (Å²) in [5, 5.41) is 3.35. The van der Waals surface area contributed by atoms with Crippen molar-refractivity contribution in [1.29, 1.82) is 0 Å². The van der Waals surface area contributed by atoms with E-state index in [1.165, 1.54) is 23.3 Å². The maximum atomic E-state index is 13.0. The van der Waals surface area contributed by atoms with Crippen molar-refractivity contribution in [2.24, 2.45) is 0 Å². The van der Waals surface area contributed by atoms with Crippen LogP contribution >= 0.6 is 0 Å². The van der Waals surface area contributed by atoms with Gasteiger partial charge < -0.3 is 5.32 Å². The van der Waals surface area contributed by atoms with Gasteiger partial charge in [-0.25, -0.2) is 4.39 Å². The summed E-state index contributed by atoms with van der Waals surface area (Å²) in [4.78, 5) is 0. The summed E-state index contributed by atoms with van der Waals surface area (Å²) in [6.45, 7) is 6.65. The molecule has 0 aliphatic rings. The van der Waals surface area contributed by atoms with E-state index in [4.69, 9.17) is 0 Å². The van der Waals surface area contributed by atoms with Gasteiger partial charge in [0, 0.05) is 6.04 Å². The molecule has 21 heavy (non-hydrogen) atoms. The molecule has 0 fully saturated rings. The van der Waals surface area contributed by atoms with Gasteiger partial charge in [-0.15, -0.1) is 0 Å². The van der Waals surface area contributed by atoms with Crippen LogP contribution in [0.1, 0.15) is 43.5 Å². The molecule has 0 bridgehead atoms. The SMILES string of the molecule is CNC(Cc1ccc(F)cc1)c1ccc(C(C)(C)C)cc1. The average molecular weight is 285 g/mol. The maximum absolute atomic E-state index is 13.0. The molecule has 0 saturated carbocycles. The molecular formula is C19H24FN. The van der Waals surface area contributed by atoms with Crippen molar-refractivity contribution in [2.45, 2.75) is 38.6 Å². The van der Waals surface area contributed by atoms with Gasteiger partial charge in [0.2, 0.25) is 0 Å². The summed E-state index contributed by atoms with van der Waals surface area (Å²) in [5.41, 5.74) is 3.90. The molecule has 0 aromatic heterocycles. The van der Waals surface area contributed by atoms with Crippen LogP contribution in [0.3, 0.4) is 0 Å². The van der Waals surface area contributed by atoms with Gasteiger partial charge in [0.05, 0.1) is 0 Å². The second-order valence-electron chi connectivity index (χ2n) is 6.54. The highest BCUT2D eigenvalue weighted by Crippen LogP contribution is 2.25. The van der Waals surface area contributed by atoms with Crippen molar-refractivity contribution in [2.75, 3.05) is 7.05 Å². The fourth-order valence-electron chi connectivity index (χ4n) is 2.46. The molecule has 1 unspecified atom stereocenters. The van der Waals surface area contributed by atoms with E-state index >= 15 is 0 Å². The van der Waals surface area contributed by atoms with Crippen LogP contribution in [-0.2, 0) is 11.8 Å². The summed E-state index contributed by atoms with van der Waals surface area (Å²) in [7, 11) is 1.96. The number of rotatable bonds is 4. The average Bonchev–Trinajstić information content (AvgIpc) is 2.46. The van der Waals surface area contributed by atoms with Gasteiger partial charge >= 0.3 is 0 Å². The number of hydrogen-bond donors (Lipinski definition) is 1. The quantitative estimate of drug-likeness (QED) is 0.864. The molecule has 0 aliphatic heterocycles. The van der Waals surface area contributed by atoms with Crippen LogP contribution < -0.4 is 5.32 Å². The molecule has 1 atom stereocenters. The summed E-state index contributed by atoms with van der Waals surface area (Å²) >= 11 is 0. The van der Waals surface area contributed by atoms with Gasteiger partial charge in [-0.3, -0.25) is 0 Å². The molecular weight excluding hydrogens is 261 g/mol. The molecule has 0 saturated heterocycles. The molecule has 2 heteroatoms. The van der Waals surface area contributed by atoms with E-state index in [0.717, 1.165) is 12.0 Å². The molecule has 0 heterocycles. The molecule has 1 nitrogen and oxygen atoms in total. The van der Waals surface area contributed by atoms with Gasteiger partial charge in [-0.2, -0.15) is 0 Å². The van der Waals surface area contributed by atoms with Crippen molar-refractivity contribution in [3.8, 4) is 0 Å². The molecule has 1 N–H and O–H groups in total. The van der Waals surface area contributed by atoms with Crippen LogP contribution in [0.2, 0.25) is 0 Å². The Labute approximate surface area is 127 Å². The Hall–Kier alpha value is -1.67. The van der Waals surface area contributed by atoms with E-state index in [1.54, 1.807) is 0 Å². The van der Waals surface area contributed by atoms with Gasteiger partial charge in [0.1, 0.15) is 5.82 Å².